The Bertz CT molecular complexity index is 1070. The third-order valence-corrected chi connectivity index (χ3v) is 5.55. The van der Waals surface area contributed by atoms with Crippen LogP contribution in [0.4, 0.5) is 5.69 Å². The lowest BCUT2D eigenvalue weighted by molar-refractivity contribution is 0.102. The van der Waals surface area contributed by atoms with E-state index >= 15 is 0 Å². The normalized spacial score (nSPS) is 11.2. The van der Waals surface area contributed by atoms with Gasteiger partial charge in [-0.2, -0.15) is 13.5 Å². The van der Waals surface area contributed by atoms with Gasteiger partial charge in [0.15, 0.2) is 0 Å². The number of benzene rings is 2. The van der Waals surface area contributed by atoms with E-state index in [2.05, 4.69) is 10.4 Å². The van der Waals surface area contributed by atoms with E-state index in [0.29, 0.717) is 22.6 Å². The lowest BCUT2D eigenvalue weighted by atomic mass is 10.2. The average molecular weight is 385 g/mol. The fourth-order valence-corrected chi connectivity index (χ4v) is 4.02. The SMILES string of the molecule is Cc1nn(C)c(C)c1S(=O)(=O)Oc1ccc(NC(=O)c2ccccc2)cc1. The third-order valence-electron chi connectivity index (χ3n) is 4.05. The minimum atomic E-state index is -4.00. The molecule has 140 valence electrons. The van der Waals surface area contributed by atoms with Crippen LogP contribution >= 0.6 is 0 Å². The van der Waals surface area contributed by atoms with Crippen molar-refractivity contribution in [3.63, 3.8) is 0 Å². The molecular weight excluding hydrogens is 366 g/mol. The van der Waals surface area contributed by atoms with E-state index in [9.17, 15) is 13.2 Å². The van der Waals surface area contributed by atoms with E-state index in [-0.39, 0.29) is 16.6 Å². The molecule has 1 heterocycles. The quantitative estimate of drug-likeness (QED) is 0.682. The number of aromatic nitrogens is 2. The standard InChI is InChI=1S/C19H19N3O4S/c1-13-18(14(2)22(3)21-13)27(24,25)26-17-11-9-16(10-12-17)20-19(23)15-7-5-4-6-8-15/h4-12H,1-3H3,(H,20,23). The van der Waals surface area contributed by atoms with Crippen LogP contribution in [0.3, 0.4) is 0 Å². The first-order chi connectivity index (χ1) is 12.8. The smallest absolute Gasteiger partial charge is 0.342 e. The van der Waals surface area contributed by atoms with E-state index < -0.39 is 10.1 Å². The molecule has 0 radical (unpaired) electrons. The number of aryl methyl sites for hydroxylation is 2. The van der Waals surface area contributed by atoms with Crippen molar-refractivity contribution in [2.45, 2.75) is 18.7 Å². The lowest BCUT2D eigenvalue weighted by Crippen LogP contribution is -2.13. The monoisotopic (exact) mass is 385 g/mol. The molecule has 7 nitrogen and oxygen atoms in total. The maximum atomic E-state index is 12.6. The third kappa shape index (κ3) is 4.01. The van der Waals surface area contributed by atoms with Gasteiger partial charge in [0.1, 0.15) is 10.6 Å². The zero-order valence-electron chi connectivity index (χ0n) is 15.1. The summed E-state index contributed by atoms with van der Waals surface area (Å²) in [6.45, 7) is 3.28. The number of amides is 1. The van der Waals surface area contributed by atoms with Crippen LogP contribution in [0.1, 0.15) is 21.7 Å². The average Bonchev–Trinajstić information content (AvgIpc) is 2.89. The Morgan fingerprint density at radius 3 is 2.22 bits per heavy atom. The number of rotatable bonds is 5. The summed E-state index contributed by atoms with van der Waals surface area (Å²) in [5, 5.41) is 6.85. The Morgan fingerprint density at radius 1 is 1.04 bits per heavy atom. The second-order valence-corrected chi connectivity index (χ2v) is 7.49. The molecule has 3 aromatic rings. The van der Waals surface area contributed by atoms with Crippen LogP contribution in [0.15, 0.2) is 59.5 Å². The molecule has 2 aromatic carbocycles. The number of nitrogens with zero attached hydrogens (tertiary/aromatic N) is 2. The number of carbonyl (C=O) groups is 1. The highest BCUT2D eigenvalue weighted by Gasteiger charge is 2.25. The van der Waals surface area contributed by atoms with E-state index in [0.717, 1.165) is 0 Å². The zero-order chi connectivity index (χ0) is 19.6. The number of hydrogen-bond donors (Lipinski definition) is 1. The van der Waals surface area contributed by atoms with Gasteiger partial charge < -0.3 is 9.50 Å². The van der Waals surface area contributed by atoms with E-state index in [4.69, 9.17) is 4.18 Å². The van der Waals surface area contributed by atoms with Crippen LogP contribution in [-0.2, 0) is 17.2 Å². The minimum absolute atomic E-state index is 0.0615. The molecule has 0 aliphatic carbocycles. The van der Waals surface area contributed by atoms with Gasteiger partial charge in [-0.15, -0.1) is 0 Å². The Labute approximate surface area is 157 Å². The van der Waals surface area contributed by atoms with E-state index in [1.807, 2.05) is 6.07 Å². The van der Waals surface area contributed by atoms with Crippen LogP contribution < -0.4 is 9.50 Å². The molecule has 1 N–H and O–H groups in total. The first-order valence-corrected chi connectivity index (χ1v) is 9.60. The van der Waals surface area contributed by atoms with Crippen LogP contribution in [-0.4, -0.2) is 24.1 Å². The summed E-state index contributed by atoms with van der Waals surface area (Å²) in [6.07, 6.45) is 0. The summed E-state index contributed by atoms with van der Waals surface area (Å²) < 4.78 is 31.8. The van der Waals surface area contributed by atoms with Crippen LogP contribution in [0, 0.1) is 13.8 Å². The highest BCUT2D eigenvalue weighted by atomic mass is 32.2. The molecule has 0 atom stereocenters. The number of carbonyl (C=O) groups excluding carboxylic acids is 1. The minimum Gasteiger partial charge on any atom is -0.379 e. The van der Waals surface area contributed by atoms with E-state index in [1.54, 1.807) is 57.3 Å². The Morgan fingerprint density at radius 2 is 1.67 bits per heavy atom. The zero-order valence-corrected chi connectivity index (χ0v) is 15.9. The second-order valence-electron chi connectivity index (χ2n) is 6.01. The van der Waals surface area contributed by atoms with Crippen molar-refractivity contribution in [1.82, 2.24) is 9.78 Å². The molecule has 8 heteroatoms. The highest BCUT2D eigenvalue weighted by molar-refractivity contribution is 7.87. The second kappa shape index (κ2) is 7.24. The van der Waals surface area contributed by atoms with Crippen molar-refractivity contribution < 1.29 is 17.4 Å². The fourth-order valence-electron chi connectivity index (χ4n) is 2.67. The van der Waals surface area contributed by atoms with Gasteiger partial charge in [0, 0.05) is 18.3 Å². The molecule has 27 heavy (non-hydrogen) atoms. The summed E-state index contributed by atoms with van der Waals surface area (Å²) in [7, 11) is -2.33. The largest absolute Gasteiger partial charge is 0.379 e. The van der Waals surface area contributed by atoms with E-state index in [1.165, 1.54) is 16.8 Å². The van der Waals surface area contributed by atoms with Crippen molar-refractivity contribution >= 4 is 21.7 Å². The molecule has 1 aromatic heterocycles. The Hall–Kier alpha value is -3.13. The number of nitrogens with one attached hydrogen (secondary N) is 1. The van der Waals surface area contributed by atoms with Gasteiger partial charge in [-0.25, -0.2) is 0 Å². The van der Waals surface area contributed by atoms with Crippen molar-refractivity contribution in [2.75, 3.05) is 5.32 Å². The highest BCUT2D eigenvalue weighted by Crippen LogP contribution is 2.25. The van der Waals surface area contributed by atoms with Crippen molar-refractivity contribution in [3.05, 3.63) is 71.5 Å². The fraction of sp³-hybridized carbons (Fsp3) is 0.158. The van der Waals surface area contributed by atoms with Crippen LogP contribution in [0.2, 0.25) is 0 Å². The first kappa shape index (κ1) is 18.7. The van der Waals surface area contributed by atoms with Gasteiger partial charge in [0.05, 0.1) is 11.4 Å². The predicted octanol–water partition coefficient (Wildman–Crippen LogP) is 3.06. The van der Waals surface area contributed by atoms with Gasteiger partial charge in [0.25, 0.3) is 5.91 Å². The topological polar surface area (TPSA) is 90.3 Å². The van der Waals surface area contributed by atoms with Crippen LogP contribution in [0.25, 0.3) is 0 Å². The maximum absolute atomic E-state index is 12.6. The summed E-state index contributed by atoms with van der Waals surface area (Å²) in [5.41, 5.74) is 1.94. The molecule has 0 saturated heterocycles. The summed E-state index contributed by atoms with van der Waals surface area (Å²) in [5.74, 6) is -0.103. The molecule has 0 aliphatic rings. The summed E-state index contributed by atoms with van der Waals surface area (Å²) in [4.78, 5) is 12.2. The van der Waals surface area contributed by atoms with Crippen LogP contribution in [0.5, 0.6) is 5.75 Å². The molecule has 0 aliphatic heterocycles. The summed E-state index contributed by atoms with van der Waals surface area (Å²) in [6, 6.07) is 14.9. The molecule has 3 rings (SSSR count). The molecule has 0 bridgehead atoms. The lowest BCUT2D eigenvalue weighted by Gasteiger charge is -2.09. The Kier molecular flexibility index (Phi) is 5.00. The van der Waals surface area contributed by atoms with Gasteiger partial charge in [-0.1, -0.05) is 18.2 Å². The molecule has 0 unspecified atom stereocenters. The van der Waals surface area contributed by atoms with Crippen molar-refractivity contribution in [3.8, 4) is 5.75 Å². The van der Waals surface area contributed by atoms with Gasteiger partial charge in [-0.3, -0.25) is 9.48 Å². The van der Waals surface area contributed by atoms with Crippen molar-refractivity contribution in [1.29, 1.82) is 0 Å². The van der Waals surface area contributed by atoms with Gasteiger partial charge in [-0.05, 0) is 50.2 Å². The predicted molar refractivity (Wildman–Crippen MR) is 101 cm³/mol. The van der Waals surface area contributed by atoms with Gasteiger partial charge in [0.2, 0.25) is 0 Å². The van der Waals surface area contributed by atoms with Gasteiger partial charge >= 0.3 is 10.1 Å². The molecular formula is C19H19N3O4S. The molecule has 1 amide bonds. The molecule has 0 saturated carbocycles. The number of hydrogen-bond acceptors (Lipinski definition) is 5. The molecule has 0 fully saturated rings. The number of anilines is 1. The maximum Gasteiger partial charge on any atom is 0.342 e. The summed E-state index contributed by atoms with van der Waals surface area (Å²) >= 11 is 0. The van der Waals surface area contributed by atoms with Crippen molar-refractivity contribution in [2.24, 2.45) is 7.05 Å². The Balaban J connectivity index is 1.75. The first-order valence-electron chi connectivity index (χ1n) is 8.19. The molecule has 0 spiro atoms.